The predicted octanol–water partition coefficient (Wildman–Crippen LogP) is 2.98. The van der Waals surface area contributed by atoms with Gasteiger partial charge in [-0.1, -0.05) is 25.3 Å². The summed E-state index contributed by atoms with van der Waals surface area (Å²) in [6, 6.07) is 7.88. The number of nitrogens with one attached hydrogen (secondary N) is 1. The Morgan fingerprint density at radius 1 is 1.07 bits per heavy atom. The second-order valence-electron chi connectivity index (χ2n) is 7.68. The Morgan fingerprint density at radius 2 is 1.89 bits per heavy atom. The van der Waals surface area contributed by atoms with Crippen molar-refractivity contribution in [3.63, 3.8) is 0 Å². The summed E-state index contributed by atoms with van der Waals surface area (Å²) in [4.78, 5) is 31.3. The number of benzene rings is 1. The van der Waals surface area contributed by atoms with Gasteiger partial charge >= 0.3 is 12.1 Å². The highest BCUT2D eigenvalue weighted by Gasteiger charge is 2.44. The van der Waals surface area contributed by atoms with Crippen LogP contribution in [0.3, 0.4) is 0 Å². The molecule has 0 aromatic heterocycles. The monoisotopic (exact) mass is 372 g/mol. The van der Waals surface area contributed by atoms with Crippen LogP contribution in [0.15, 0.2) is 24.3 Å². The Kier molecular flexibility index (Phi) is 5.09. The van der Waals surface area contributed by atoms with Gasteiger partial charge in [0.15, 0.2) is 0 Å². The van der Waals surface area contributed by atoms with Crippen LogP contribution in [0.2, 0.25) is 0 Å². The Labute approximate surface area is 160 Å². The molecule has 1 aromatic rings. The number of rotatable bonds is 3. The van der Waals surface area contributed by atoms with Crippen molar-refractivity contribution in [3.8, 4) is 5.75 Å². The average molecular weight is 372 g/mol. The zero-order valence-electron chi connectivity index (χ0n) is 15.9. The summed E-state index contributed by atoms with van der Waals surface area (Å²) in [5.74, 6) is 0.710. The van der Waals surface area contributed by atoms with E-state index in [-0.39, 0.29) is 18.1 Å². The van der Waals surface area contributed by atoms with Crippen LogP contribution >= 0.6 is 0 Å². The van der Waals surface area contributed by atoms with Gasteiger partial charge in [-0.05, 0) is 25.0 Å². The highest BCUT2D eigenvalue weighted by molar-refractivity contribution is 5.90. The Bertz CT molecular complexity index is 704. The summed E-state index contributed by atoms with van der Waals surface area (Å²) >= 11 is 0. The number of hydrogen-bond acceptors (Lipinski definition) is 3. The van der Waals surface area contributed by atoms with E-state index in [9.17, 15) is 9.59 Å². The van der Waals surface area contributed by atoms with Crippen molar-refractivity contribution in [1.29, 1.82) is 0 Å². The third-order valence-electron chi connectivity index (χ3n) is 6.01. The molecule has 2 saturated heterocycles. The molecule has 1 atom stereocenters. The molecule has 3 aliphatic rings. The number of anilines is 1. The van der Waals surface area contributed by atoms with Gasteiger partial charge in [-0.25, -0.2) is 9.59 Å². The van der Waals surface area contributed by atoms with Crippen LogP contribution < -0.4 is 10.1 Å². The first-order valence-electron chi connectivity index (χ1n) is 9.93. The van der Waals surface area contributed by atoms with Crippen LogP contribution in [0.5, 0.6) is 5.75 Å². The summed E-state index contributed by atoms with van der Waals surface area (Å²) in [7, 11) is 1.61. The van der Waals surface area contributed by atoms with E-state index in [2.05, 4.69) is 10.2 Å². The third kappa shape index (κ3) is 3.68. The van der Waals surface area contributed by atoms with Crippen molar-refractivity contribution in [1.82, 2.24) is 14.7 Å². The fourth-order valence-electron chi connectivity index (χ4n) is 4.52. The zero-order valence-corrected chi connectivity index (χ0v) is 15.9. The molecule has 3 fully saturated rings. The smallest absolute Gasteiger partial charge is 0.321 e. The molecular formula is C20H28N4O3. The molecule has 0 spiro atoms. The second kappa shape index (κ2) is 7.66. The molecular weight excluding hydrogens is 344 g/mol. The maximum absolute atomic E-state index is 12.8. The van der Waals surface area contributed by atoms with Gasteiger partial charge in [-0.15, -0.1) is 0 Å². The van der Waals surface area contributed by atoms with Crippen molar-refractivity contribution >= 4 is 17.7 Å². The number of methoxy groups -OCH3 is 1. The van der Waals surface area contributed by atoms with Gasteiger partial charge in [-0.2, -0.15) is 0 Å². The molecule has 1 saturated carbocycles. The van der Waals surface area contributed by atoms with E-state index < -0.39 is 0 Å². The van der Waals surface area contributed by atoms with E-state index in [1.165, 1.54) is 19.3 Å². The standard InChI is InChI=1S/C20H28N4O3/c1-27-18-9-5-6-15(12-18)21-19(25)22-10-11-23-17(13-22)14-24(20(23)26)16-7-3-2-4-8-16/h5-6,9,12,16-17H,2-4,7-8,10-11,13-14H2,1H3,(H,21,25). The van der Waals surface area contributed by atoms with Crippen LogP contribution in [0.1, 0.15) is 32.1 Å². The Morgan fingerprint density at radius 3 is 2.67 bits per heavy atom. The summed E-state index contributed by atoms with van der Waals surface area (Å²) in [6.45, 7) is 2.51. The summed E-state index contributed by atoms with van der Waals surface area (Å²) in [5, 5.41) is 2.94. The van der Waals surface area contributed by atoms with Crippen molar-refractivity contribution in [2.45, 2.75) is 44.2 Å². The SMILES string of the molecule is COc1cccc(NC(=O)N2CCN3C(=O)N(C4CCCCC4)CC3C2)c1. The number of ether oxygens (including phenoxy) is 1. The van der Waals surface area contributed by atoms with E-state index in [0.717, 1.165) is 19.4 Å². The molecule has 0 radical (unpaired) electrons. The number of carbonyl (C=O) groups excluding carboxylic acids is 2. The molecule has 1 N–H and O–H groups in total. The molecule has 2 aliphatic heterocycles. The zero-order chi connectivity index (χ0) is 18.8. The van der Waals surface area contributed by atoms with Crippen LogP contribution in [0, 0.1) is 0 Å². The van der Waals surface area contributed by atoms with Crippen molar-refractivity contribution in [3.05, 3.63) is 24.3 Å². The Balaban J connectivity index is 1.37. The number of carbonyl (C=O) groups is 2. The number of hydrogen-bond donors (Lipinski definition) is 1. The molecule has 2 heterocycles. The average Bonchev–Trinajstić information content (AvgIpc) is 3.05. The molecule has 27 heavy (non-hydrogen) atoms. The van der Waals surface area contributed by atoms with E-state index in [4.69, 9.17) is 4.74 Å². The first-order valence-corrected chi connectivity index (χ1v) is 9.93. The molecule has 146 valence electrons. The maximum atomic E-state index is 12.8. The quantitative estimate of drug-likeness (QED) is 0.887. The molecule has 4 rings (SSSR count). The molecule has 1 aromatic carbocycles. The fourth-order valence-corrected chi connectivity index (χ4v) is 4.52. The highest BCUT2D eigenvalue weighted by Crippen LogP contribution is 2.29. The number of nitrogens with zero attached hydrogens (tertiary/aromatic N) is 3. The molecule has 7 nitrogen and oxygen atoms in total. The number of amides is 4. The topological polar surface area (TPSA) is 65.1 Å². The minimum Gasteiger partial charge on any atom is -0.497 e. The number of piperazine rings is 1. The molecule has 1 unspecified atom stereocenters. The predicted molar refractivity (Wildman–Crippen MR) is 103 cm³/mol. The Hall–Kier alpha value is -2.44. The molecule has 1 aliphatic carbocycles. The van der Waals surface area contributed by atoms with Gasteiger partial charge in [0, 0.05) is 44.0 Å². The van der Waals surface area contributed by atoms with Crippen molar-refractivity contribution in [2.24, 2.45) is 0 Å². The minimum absolute atomic E-state index is 0.101. The summed E-state index contributed by atoms with van der Waals surface area (Å²) in [5.41, 5.74) is 0.716. The van der Waals surface area contributed by atoms with Crippen LogP contribution in [-0.4, -0.2) is 72.1 Å². The molecule has 7 heteroatoms. The largest absolute Gasteiger partial charge is 0.497 e. The van der Waals surface area contributed by atoms with Gasteiger partial charge < -0.3 is 24.8 Å². The van der Waals surface area contributed by atoms with Crippen LogP contribution in [0.4, 0.5) is 15.3 Å². The first-order chi connectivity index (χ1) is 13.2. The van der Waals surface area contributed by atoms with E-state index in [1.807, 2.05) is 28.0 Å². The van der Waals surface area contributed by atoms with Gasteiger partial charge in [0.2, 0.25) is 0 Å². The minimum atomic E-state index is -0.119. The maximum Gasteiger partial charge on any atom is 0.321 e. The second-order valence-corrected chi connectivity index (χ2v) is 7.68. The van der Waals surface area contributed by atoms with Crippen LogP contribution in [0.25, 0.3) is 0 Å². The lowest BCUT2D eigenvalue weighted by Gasteiger charge is -2.36. The third-order valence-corrected chi connectivity index (χ3v) is 6.01. The number of urea groups is 2. The van der Waals surface area contributed by atoms with Gasteiger partial charge in [-0.3, -0.25) is 0 Å². The van der Waals surface area contributed by atoms with Crippen LogP contribution in [-0.2, 0) is 0 Å². The number of fused-ring (bicyclic) bond motifs is 1. The lowest BCUT2D eigenvalue weighted by atomic mass is 9.94. The molecule has 4 amide bonds. The van der Waals surface area contributed by atoms with Gasteiger partial charge in [0.1, 0.15) is 5.75 Å². The first kappa shape index (κ1) is 17.9. The highest BCUT2D eigenvalue weighted by atomic mass is 16.5. The van der Waals surface area contributed by atoms with E-state index >= 15 is 0 Å². The summed E-state index contributed by atoms with van der Waals surface area (Å²) < 4.78 is 5.21. The van der Waals surface area contributed by atoms with Gasteiger partial charge in [0.25, 0.3) is 0 Å². The van der Waals surface area contributed by atoms with Crippen molar-refractivity contribution in [2.75, 3.05) is 38.6 Å². The lowest BCUT2D eigenvalue weighted by Crippen LogP contribution is -2.54. The molecule has 0 bridgehead atoms. The lowest BCUT2D eigenvalue weighted by molar-refractivity contribution is 0.133. The van der Waals surface area contributed by atoms with E-state index in [1.54, 1.807) is 13.2 Å². The van der Waals surface area contributed by atoms with Gasteiger partial charge in [0.05, 0.1) is 13.2 Å². The van der Waals surface area contributed by atoms with E-state index in [0.29, 0.717) is 37.1 Å². The summed E-state index contributed by atoms with van der Waals surface area (Å²) in [6.07, 6.45) is 5.95. The normalized spacial score (nSPS) is 23.4. The fraction of sp³-hybridized carbons (Fsp3) is 0.600. The van der Waals surface area contributed by atoms with Crippen molar-refractivity contribution < 1.29 is 14.3 Å².